The Morgan fingerprint density at radius 3 is 2.63 bits per heavy atom. The number of urea groups is 1. The van der Waals surface area contributed by atoms with Crippen molar-refractivity contribution in [3.8, 4) is 11.5 Å². The molecular weight excluding hydrogens is 382 g/mol. The highest BCUT2D eigenvalue weighted by molar-refractivity contribution is 6.12. The van der Waals surface area contributed by atoms with E-state index in [1.165, 1.54) is 6.20 Å². The first-order valence-electron chi connectivity index (χ1n) is 9.23. The second kappa shape index (κ2) is 8.04. The van der Waals surface area contributed by atoms with Crippen molar-refractivity contribution in [3.63, 3.8) is 0 Å². The molecule has 2 heterocycles. The summed E-state index contributed by atoms with van der Waals surface area (Å²) in [6, 6.07) is 17.2. The molecule has 8 heteroatoms. The predicted octanol–water partition coefficient (Wildman–Crippen LogP) is 4.26. The Bertz CT molecular complexity index is 1220. The number of amides is 3. The minimum Gasteiger partial charge on any atom is -0.457 e. The van der Waals surface area contributed by atoms with E-state index < -0.39 is 6.03 Å². The number of hydrogen-bond donors (Lipinski definition) is 1. The third-order valence-electron chi connectivity index (χ3n) is 4.51. The molecule has 0 atom stereocenters. The SMILES string of the molecule is Cc1nn(C)c2ncc(NC(=O)N(C=O)c3cccc(Oc4ccccc4)c3)cc12. The van der Waals surface area contributed by atoms with Crippen LogP contribution in [-0.4, -0.2) is 27.2 Å². The predicted molar refractivity (Wildman–Crippen MR) is 114 cm³/mol. The maximum absolute atomic E-state index is 12.7. The largest absolute Gasteiger partial charge is 0.457 e. The topological polar surface area (TPSA) is 89.4 Å². The fraction of sp³-hybridized carbons (Fsp3) is 0.0909. The molecule has 0 aliphatic rings. The third kappa shape index (κ3) is 3.83. The molecule has 0 saturated carbocycles. The van der Waals surface area contributed by atoms with Crippen LogP contribution in [0.2, 0.25) is 0 Å². The summed E-state index contributed by atoms with van der Waals surface area (Å²) in [6.45, 7) is 1.87. The Balaban J connectivity index is 1.55. The van der Waals surface area contributed by atoms with Crippen molar-refractivity contribution in [1.29, 1.82) is 0 Å². The standard InChI is InChI=1S/C22H19N5O3/c1-15-20-11-16(13-23-21(20)26(2)25-15)24-22(29)27(14-28)17-7-6-10-19(12-17)30-18-8-4-3-5-9-18/h3-14H,1-2H3,(H,24,29). The number of pyridine rings is 1. The van der Waals surface area contributed by atoms with Crippen LogP contribution in [0.3, 0.4) is 0 Å². The zero-order valence-corrected chi connectivity index (χ0v) is 16.4. The third-order valence-corrected chi connectivity index (χ3v) is 4.51. The molecule has 2 aromatic carbocycles. The summed E-state index contributed by atoms with van der Waals surface area (Å²) >= 11 is 0. The number of benzene rings is 2. The highest BCUT2D eigenvalue weighted by Crippen LogP contribution is 2.26. The molecule has 2 aromatic heterocycles. The average molecular weight is 401 g/mol. The summed E-state index contributed by atoms with van der Waals surface area (Å²) in [5.74, 6) is 1.16. The van der Waals surface area contributed by atoms with E-state index in [1.807, 2.05) is 37.3 Å². The number of ether oxygens (including phenoxy) is 1. The maximum atomic E-state index is 12.7. The van der Waals surface area contributed by atoms with Crippen LogP contribution in [0.4, 0.5) is 16.2 Å². The number of fused-ring (bicyclic) bond motifs is 1. The van der Waals surface area contributed by atoms with Gasteiger partial charge in [-0.3, -0.25) is 9.48 Å². The van der Waals surface area contributed by atoms with E-state index in [0.717, 1.165) is 16.0 Å². The van der Waals surface area contributed by atoms with Gasteiger partial charge in [0.2, 0.25) is 6.41 Å². The van der Waals surface area contributed by atoms with Crippen LogP contribution in [0, 0.1) is 6.92 Å². The summed E-state index contributed by atoms with van der Waals surface area (Å²) in [7, 11) is 1.80. The lowest BCUT2D eigenvalue weighted by Crippen LogP contribution is -2.33. The molecule has 0 radical (unpaired) electrons. The van der Waals surface area contributed by atoms with Crippen molar-refractivity contribution < 1.29 is 14.3 Å². The molecule has 30 heavy (non-hydrogen) atoms. The Labute approximate surface area is 172 Å². The van der Waals surface area contributed by atoms with E-state index in [2.05, 4.69) is 15.4 Å². The van der Waals surface area contributed by atoms with Gasteiger partial charge in [-0.25, -0.2) is 14.7 Å². The molecule has 4 aromatic rings. The van der Waals surface area contributed by atoms with Gasteiger partial charge in [0.25, 0.3) is 0 Å². The number of carbonyl (C=O) groups excluding carboxylic acids is 2. The van der Waals surface area contributed by atoms with Crippen LogP contribution in [0.15, 0.2) is 66.9 Å². The van der Waals surface area contributed by atoms with Gasteiger partial charge in [-0.1, -0.05) is 24.3 Å². The molecule has 0 fully saturated rings. The van der Waals surface area contributed by atoms with Crippen LogP contribution in [0.5, 0.6) is 11.5 Å². The fourth-order valence-electron chi connectivity index (χ4n) is 3.11. The van der Waals surface area contributed by atoms with Gasteiger partial charge in [0.1, 0.15) is 11.5 Å². The second-order valence-electron chi connectivity index (χ2n) is 6.62. The molecule has 1 N–H and O–H groups in total. The van der Waals surface area contributed by atoms with E-state index in [-0.39, 0.29) is 0 Å². The van der Waals surface area contributed by atoms with Crippen LogP contribution >= 0.6 is 0 Å². The van der Waals surface area contributed by atoms with Gasteiger partial charge in [-0.2, -0.15) is 5.10 Å². The summed E-state index contributed by atoms with van der Waals surface area (Å²) < 4.78 is 7.45. The Kier molecular flexibility index (Phi) is 5.13. The Morgan fingerprint density at radius 2 is 1.87 bits per heavy atom. The first-order valence-corrected chi connectivity index (χ1v) is 9.23. The molecule has 3 amide bonds. The van der Waals surface area contributed by atoms with Crippen molar-refractivity contribution in [2.75, 3.05) is 10.2 Å². The van der Waals surface area contributed by atoms with E-state index >= 15 is 0 Å². The molecule has 0 unspecified atom stereocenters. The van der Waals surface area contributed by atoms with Crippen molar-refractivity contribution in [1.82, 2.24) is 14.8 Å². The fourth-order valence-corrected chi connectivity index (χ4v) is 3.11. The van der Waals surface area contributed by atoms with E-state index in [9.17, 15) is 9.59 Å². The van der Waals surface area contributed by atoms with Crippen molar-refractivity contribution in [2.24, 2.45) is 7.05 Å². The summed E-state index contributed by atoms with van der Waals surface area (Å²) in [5, 5.41) is 7.84. The number of nitrogens with zero attached hydrogens (tertiary/aromatic N) is 4. The second-order valence-corrected chi connectivity index (χ2v) is 6.62. The summed E-state index contributed by atoms with van der Waals surface area (Å²) in [5.41, 5.74) is 2.35. The first kappa shape index (κ1) is 19.1. The molecule has 0 aliphatic carbocycles. The van der Waals surface area contributed by atoms with Gasteiger partial charge in [0.15, 0.2) is 5.65 Å². The van der Waals surface area contributed by atoms with Crippen LogP contribution < -0.4 is 15.0 Å². The minimum atomic E-state index is -0.607. The monoisotopic (exact) mass is 401 g/mol. The minimum absolute atomic E-state index is 0.377. The normalized spacial score (nSPS) is 10.6. The lowest BCUT2D eigenvalue weighted by Gasteiger charge is -2.17. The van der Waals surface area contributed by atoms with E-state index in [0.29, 0.717) is 34.9 Å². The molecular formula is C22H19N5O3. The molecule has 0 spiro atoms. The number of aryl methyl sites for hydroxylation is 2. The van der Waals surface area contributed by atoms with Crippen molar-refractivity contribution >= 4 is 34.8 Å². The van der Waals surface area contributed by atoms with E-state index in [4.69, 9.17) is 4.74 Å². The molecule has 8 nitrogen and oxygen atoms in total. The lowest BCUT2D eigenvalue weighted by atomic mass is 10.2. The molecule has 0 saturated heterocycles. The zero-order chi connectivity index (χ0) is 21.1. The quantitative estimate of drug-likeness (QED) is 0.505. The van der Waals surface area contributed by atoms with Gasteiger partial charge >= 0.3 is 6.03 Å². The average Bonchev–Trinajstić information content (AvgIpc) is 3.03. The highest BCUT2D eigenvalue weighted by atomic mass is 16.5. The number of para-hydroxylation sites is 1. The van der Waals surface area contributed by atoms with E-state index in [1.54, 1.807) is 42.1 Å². The number of carbonyl (C=O) groups is 2. The van der Waals surface area contributed by atoms with Gasteiger partial charge < -0.3 is 10.1 Å². The molecule has 4 rings (SSSR count). The lowest BCUT2D eigenvalue weighted by molar-refractivity contribution is -0.106. The van der Waals surface area contributed by atoms with Gasteiger partial charge in [0, 0.05) is 18.5 Å². The molecule has 0 bridgehead atoms. The number of imide groups is 1. The molecule has 150 valence electrons. The van der Waals surface area contributed by atoms with Gasteiger partial charge in [0.05, 0.1) is 23.3 Å². The summed E-state index contributed by atoms with van der Waals surface area (Å²) in [4.78, 5) is 29.7. The van der Waals surface area contributed by atoms with Gasteiger partial charge in [-0.15, -0.1) is 0 Å². The number of hydrogen-bond acceptors (Lipinski definition) is 5. The van der Waals surface area contributed by atoms with Crippen LogP contribution in [0.25, 0.3) is 11.0 Å². The maximum Gasteiger partial charge on any atom is 0.333 e. The zero-order valence-electron chi connectivity index (χ0n) is 16.4. The van der Waals surface area contributed by atoms with Crippen LogP contribution in [0.1, 0.15) is 5.69 Å². The van der Waals surface area contributed by atoms with Crippen molar-refractivity contribution in [3.05, 3.63) is 72.6 Å². The highest BCUT2D eigenvalue weighted by Gasteiger charge is 2.17. The smallest absolute Gasteiger partial charge is 0.333 e. The first-order chi connectivity index (χ1) is 14.5. The Morgan fingerprint density at radius 1 is 1.10 bits per heavy atom. The summed E-state index contributed by atoms with van der Waals surface area (Å²) in [6.07, 6.45) is 1.98. The van der Waals surface area contributed by atoms with Crippen LogP contribution in [-0.2, 0) is 11.8 Å². The van der Waals surface area contributed by atoms with Gasteiger partial charge in [-0.05, 0) is 37.3 Å². The molecule has 0 aliphatic heterocycles. The Hall–Kier alpha value is -4.20. The number of aromatic nitrogens is 3. The number of anilines is 2. The van der Waals surface area contributed by atoms with Crippen molar-refractivity contribution in [2.45, 2.75) is 6.92 Å². The number of rotatable bonds is 5. The number of nitrogens with one attached hydrogen (secondary N) is 1.